The highest BCUT2D eigenvalue weighted by atomic mass is 15.2. The molecule has 1 saturated heterocycles. The van der Waals surface area contributed by atoms with Gasteiger partial charge in [0.15, 0.2) is 0 Å². The standard InChI is InChI=1S/C8H9BN2/c9-8-6-7(2-3-10-8)11-4-1-5-11/h2-3,6H,1,4-5H2. The van der Waals surface area contributed by atoms with Crippen LogP contribution >= 0.6 is 0 Å². The average Bonchev–Trinajstić information content (AvgIpc) is 1.83. The zero-order valence-corrected chi connectivity index (χ0v) is 6.33. The van der Waals surface area contributed by atoms with Gasteiger partial charge in [0, 0.05) is 25.0 Å². The topological polar surface area (TPSA) is 16.1 Å². The Morgan fingerprint density at radius 1 is 1.45 bits per heavy atom. The van der Waals surface area contributed by atoms with Crippen LogP contribution in [0.4, 0.5) is 5.69 Å². The first-order valence-corrected chi connectivity index (χ1v) is 3.83. The molecule has 0 saturated carbocycles. The molecule has 1 fully saturated rings. The van der Waals surface area contributed by atoms with Gasteiger partial charge < -0.3 is 4.90 Å². The van der Waals surface area contributed by atoms with Crippen molar-refractivity contribution < 1.29 is 0 Å². The van der Waals surface area contributed by atoms with Gasteiger partial charge in [0.1, 0.15) is 7.85 Å². The smallest absolute Gasteiger partial charge is 0.141 e. The summed E-state index contributed by atoms with van der Waals surface area (Å²) < 4.78 is 0. The number of nitrogens with zero attached hydrogens (tertiary/aromatic N) is 2. The molecule has 0 aliphatic carbocycles. The SMILES string of the molecule is [B]c1cc(N2CCC2)ccn1. The molecular formula is C8H9BN2. The molecule has 1 aromatic rings. The fraction of sp³-hybridized carbons (Fsp3) is 0.375. The Bertz CT molecular complexity index is 258. The third-order valence-electron chi connectivity index (χ3n) is 1.99. The van der Waals surface area contributed by atoms with E-state index in [0.717, 1.165) is 13.1 Å². The van der Waals surface area contributed by atoms with Crippen LogP contribution in [0, 0.1) is 0 Å². The lowest BCUT2D eigenvalue weighted by Crippen LogP contribution is -2.37. The minimum Gasteiger partial charge on any atom is -0.371 e. The minimum atomic E-state index is 0.606. The molecule has 11 heavy (non-hydrogen) atoms. The highest BCUT2D eigenvalue weighted by molar-refractivity contribution is 6.30. The van der Waals surface area contributed by atoms with E-state index in [0.29, 0.717) is 5.59 Å². The summed E-state index contributed by atoms with van der Waals surface area (Å²) in [7, 11) is 5.54. The highest BCUT2D eigenvalue weighted by Crippen LogP contribution is 2.17. The lowest BCUT2D eigenvalue weighted by atomic mass is 10.0. The third-order valence-corrected chi connectivity index (χ3v) is 1.99. The zero-order valence-electron chi connectivity index (χ0n) is 6.33. The van der Waals surface area contributed by atoms with Gasteiger partial charge in [-0.1, -0.05) is 0 Å². The van der Waals surface area contributed by atoms with Gasteiger partial charge >= 0.3 is 0 Å². The van der Waals surface area contributed by atoms with Crippen molar-refractivity contribution in [3.63, 3.8) is 0 Å². The zero-order chi connectivity index (χ0) is 7.68. The molecule has 2 rings (SSSR count). The molecule has 0 unspecified atom stereocenters. The Hall–Kier alpha value is -0.985. The first-order chi connectivity index (χ1) is 5.36. The molecule has 1 aliphatic heterocycles. The summed E-state index contributed by atoms with van der Waals surface area (Å²) in [6.45, 7) is 2.31. The quantitative estimate of drug-likeness (QED) is 0.519. The van der Waals surface area contributed by atoms with Crippen LogP contribution in [-0.4, -0.2) is 25.9 Å². The Kier molecular flexibility index (Phi) is 1.57. The molecule has 2 heterocycles. The molecule has 0 bridgehead atoms. The van der Waals surface area contributed by atoms with E-state index in [2.05, 4.69) is 9.88 Å². The van der Waals surface area contributed by atoms with Crippen LogP contribution in [0.1, 0.15) is 6.42 Å². The van der Waals surface area contributed by atoms with Gasteiger partial charge in [-0.15, -0.1) is 0 Å². The van der Waals surface area contributed by atoms with Gasteiger partial charge in [-0.05, 0) is 24.1 Å². The number of hydrogen-bond donors (Lipinski definition) is 0. The van der Waals surface area contributed by atoms with Crippen LogP contribution in [0.15, 0.2) is 18.3 Å². The second-order valence-electron chi connectivity index (χ2n) is 2.78. The van der Waals surface area contributed by atoms with Gasteiger partial charge in [-0.3, -0.25) is 4.98 Å². The van der Waals surface area contributed by atoms with Gasteiger partial charge in [0.25, 0.3) is 0 Å². The molecule has 0 amide bonds. The lowest BCUT2D eigenvalue weighted by molar-refractivity contribution is 0.617. The fourth-order valence-corrected chi connectivity index (χ4v) is 1.21. The minimum absolute atomic E-state index is 0.606. The molecule has 0 atom stereocenters. The van der Waals surface area contributed by atoms with E-state index >= 15 is 0 Å². The second kappa shape index (κ2) is 2.57. The summed E-state index contributed by atoms with van der Waals surface area (Å²) in [5.41, 5.74) is 1.80. The predicted octanol–water partition coefficient (Wildman–Crippen LogP) is 0.0855. The molecule has 2 radical (unpaired) electrons. The number of pyridine rings is 1. The van der Waals surface area contributed by atoms with Crippen LogP contribution in [0.5, 0.6) is 0 Å². The molecule has 0 spiro atoms. The first kappa shape index (κ1) is 6.71. The van der Waals surface area contributed by atoms with Crippen LogP contribution < -0.4 is 10.5 Å². The van der Waals surface area contributed by atoms with Crippen LogP contribution in [0.2, 0.25) is 0 Å². The fourth-order valence-electron chi connectivity index (χ4n) is 1.21. The van der Waals surface area contributed by atoms with Crippen LogP contribution in [0.3, 0.4) is 0 Å². The molecule has 1 aliphatic rings. The van der Waals surface area contributed by atoms with E-state index in [9.17, 15) is 0 Å². The lowest BCUT2D eigenvalue weighted by Gasteiger charge is -2.33. The van der Waals surface area contributed by atoms with Gasteiger partial charge in [-0.2, -0.15) is 0 Å². The third kappa shape index (κ3) is 1.23. The van der Waals surface area contributed by atoms with E-state index in [1.165, 1.54) is 12.1 Å². The molecule has 0 N–H and O–H groups in total. The number of rotatable bonds is 1. The highest BCUT2D eigenvalue weighted by Gasteiger charge is 2.13. The van der Waals surface area contributed by atoms with Gasteiger partial charge in [0.2, 0.25) is 0 Å². The Morgan fingerprint density at radius 3 is 2.82 bits per heavy atom. The maximum atomic E-state index is 5.54. The summed E-state index contributed by atoms with van der Waals surface area (Å²) in [5, 5.41) is 0. The maximum absolute atomic E-state index is 5.54. The summed E-state index contributed by atoms with van der Waals surface area (Å²) in [6.07, 6.45) is 3.05. The molecule has 54 valence electrons. The van der Waals surface area contributed by atoms with Crippen LogP contribution in [-0.2, 0) is 0 Å². The van der Waals surface area contributed by atoms with Gasteiger partial charge in [-0.25, -0.2) is 0 Å². The van der Waals surface area contributed by atoms with Crippen molar-refractivity contribution in [3.05, 3.63) is 18.3 Å². The predicted molar refractivity (Wildman–Crippen MR) is 46.5 cm³/mol. The van der Waals surface area contributed by atoms with Crippen molar-refractivity contribution in [2.75, 3.05) is 18.0 Å². The van der Waals surface area contributed by atoms with E-state index in [4.69, 9.17) is 7.85 Å². The van der Waals surface area contributed by atoms with E-state index < -0.39 is 0 Å². The summed E-state index contributed by atoms with van der Waals surface area (Å²) in [6, 6.07) is 3.91. The van der Waals surface area contributed by atoms with Crippen molar-refractivity contribution in [2.45, 2.75) is 6.42 Å². The normalized spacial score (nSPS) is 16.2. The van der Waals surface area contributed by atoms with E-state index in [1.54, 1.807) is 6.20 Å². The van der Waals surface area contributed by atoms with Crippen LogP contribution in [0.25, 0.3) is 0 Å². The largest absolute Gasteiger partial charge is 0.371 e. The molecule has 0 aromatic carbocycles. The Morgan fingerprint density at radius 2 is 2.27 bits per heavy atom. The Labute approximate surface area is 67.7 Å². The maximum Gasteiger partial charge on any atom is 0.141 e. The molecule has 1 aromatic heterocycles. The van der Waals surface area contributed by atoms with Crippen molar-refractivity contribution in [1.29, 1.82) is 0 Å². The van der Waals surface area contributed by atoms with Crippen molar-refractivity contribution in [1.82, 2.24) is 4.98 Å². The van der Waals surface area contributed by atoms with E-state index in [-0.39, 0.29) is 0 Å². The van der Waals surface area contributed by atoms with E-state index in [1.807, 2.05) is 12.1 Å². The molecule has 2 nitrogen and oxygen atoms in total. The molecular weight excluding hydrogens is 135 g/mol. The number of aromatic nitrogens is 1. The van der Waals surface area contributed by atoms with Gasteiger partial charge in [0.05, 0.1) is 0 Å². The number of anilines is 1. The monoisotopic (exact) mass is 144 g/mol. The summed E-state index contributed by atoms with van der Waals surface area (Å²) in [4.78, 5) is 6.22. The van der Waals surface area contributed by atoms with Crippen molar-refractivity contribution >= 4 is 19.1 Å². The summed E-state index contributed by atoms with van der Waals surface area (Å²) in [5.74, 6) is 0. The second-order valence-corrected chi connectivity index (χ2v) is 2.78. The van der Waals surface area contributed by atoms with Crippen molar-refractivity contribution in [2.24, 2.45) is 0 Å². The summed E-state index contributed by atoms with van der Waals surface area (Å²) >= 11 is 0. The average molecular weight is 144 g/mol. The first-order valence-electron chi connectivity index (χ1n) is 3.83. The molecule has 3 heteroatoms. The Balaban J connectivity index is 2.23. The number of hydrogen-bond acceptors (Lipinski definition) is 2. The van der Waals surface area contributed by atoms with Crippen molar-refractivity contribution in [3.8, 4) is 0 Å².